The molecule has 0 bridgehead atoms. The zero-order valence-electron chi connectivity index (χ0n) is 14.8. The second-order valence-electron chi connectivity index (χ2n) is 6.73. The molecule has 1 N–H and O–H groups in total. The first kappa shape index (κ1) is 17.4. The van der Waals surface area contributed by atoms with Crippen molar-refractivity contribution in [1.82, 2.24) is 24.6 Å². The molecule has 2 aromatic heterocycles. The Kier molecular flexibility index (Phi) is 5.31. The number of rotatable bonds is 6. The number of aryl methyl sites for hydroxylation is 1. The normalized spacial score (nSPS) is 16.1. The van der Waals surface area contributed by atoms with Crippen LogP contribution in [0.25, 0.3) is 0 Å². The number of nitrogens with one attached hydrogen (secondary N) is 1. The average Bonchev–Trinajstić information content (AvgIpc) is 3.25. The van der Waals surface area contributed by atoms with Crippen molar-refractivity contribution in [2.75, 3.05) is 0 Å². The molecule has 3 rings (SSSR count). The van der Waals surface area contributed by atoms with E-state index < -0.39 is 0 Å². The lowest BCUT2D eigenvalue weighted by Crippen LogP contribution is -2.31. The van der Waals surface area contributed by atoms with E-state index in [-0.39, 0.29) is 23.9 Å². The molecule has 1 aliphatic rings. The smallest absolute Gasteiger partial charge is 0.250 e. The fraction of sp³-hybridized carbons (Fsp3) is 0.556. The standard InChI is InChI=1S/C18H25N5O2/c1-13-6-5-9-17(25)22(13)11-10-16(24)20-14(2)18-21-19-12-23(18)15-7-3-4-8-15/h5-6,9,12,14-15H,3-4,7-8,10-11H2,1-2H3,(H,20,24)/t14-/m1/s1. The zero-order chi connectivity index (χ0) is 17.8. The second-order valence-corrected chi connectivity index (χ2v) is 6.73. The molecule has 2 heterocycles. The van der Waals surface area contributed by atoms with E-state index in [2.05, 4.69) is 20.1 Å². The molecule has 1 saturated carbocycles. The number of hydrogen-bond donors (Lipinski definition) is 1. The molecule has 0 saturated heterocycles. The van der Waals surface area contributed by atoms with Crippen molar-refractivity contribution in [3.8, 4) is 0 Å². The Hall–Kier alpha value is -2.44. The van der Waals surface area contributed by atoms with Gasteiger partial charge in [0.25, 0.3) is 5.56 Å². The summed E-state index contributed by atoms with van der Waals surface area (Å²) in [5.41, 5.74) is 0.774. The van der Waals surface area contributed by atoms with Gasteiger partial charge in [-0.3, -0.25) is 9.59 Å². The first-order chi connectivity index (χ1) is 12.1. The third-order valence-electron chi connectivity index (χ3n) is 4.91. The molecule has 1 atom stereocenters. The highest BCUT2D eigenvalue weighted by Crippen LogP contribution is 2.31. The van der Waals surface area contributed by atoms with Crippen molar-refractivity contribution >= 4 is 5.91 Å². The third kappa shape index (κ3) is 3.97. The van der Waals surface area contributed by atoms with Gasteiger partial charge in [-0.2, -0.15) is 0 Å². The molecule has 7 nitrogen and oxygen atoms in total. The number of hydrogen-bond acceptors (Lipinski definition) is 4. The van der Waals surface area contributed by atoms with Gasteiger partial charge in [0.1, 0.15) is 6.33 Å². The number of aromatic nitrogens is 4. The summed E-state index contributed by atoms with van der Waals surface area (Å²) in [6.45, 7) is 4.17. The molecule has 0 aromatic carbocycles. The van der Waals surface area contributed by atoms with Crippen LogP contribution >= 0.6 is 0 Å². The van der Waals surface area contributed by atoms with Crippen LogP contribution in [0.4, 0.5) is 0 Å². The summed E-state index contributed by atoms with van der Waals surface area (Å²) in [5, 5.41) is 11.2. The highest BCUT2D eigenvalue weighted by Gasteiger charge is 2.23. The summed E-state index contributed by atoms with van der Waals surface area (Å²) < 4.78 is 3.72. The van der Waals surface area contributed by atoms with Crippen molar-refractivity contribution in [2.24, 2.45) is 0 Å². The van der Waals surface area contributed by atoms with E-state index in [9.17, 15) is 9.59 Å². The second kappa shape index (κ2) is 7.63. The monoisotopic (exact) mass is 343 g/mol. The van der Waals surface area contributed by atoms with Crippen LogP contribution in [0.2, 0.25) is 0 Å². The molecule has 0 spiro atoms. The lowest BCUT2D eigenvalue weighted by molar-refractivity contribution is -0.122. The highest BCUT2D eigenvalue weighted by atomic mass is 16.2. The Labute approximate surface area is 147 Å². The minimum atomic E-state index is -0.204. The van der Waals surface area contributed by atoms with Gasteiger partial charge in [-0.05, 0) is 32.8 Å². The first-order valence-corrected chi connectivity index (χ1v) is 8.91. The Balaban J connectivity index is 1.60. The Morgan fingerprint density at radius 3 is 2.84 bits per heavy atom. The quantitative estimate of drug-likeness (QED) is 0.871. The topological polar surface area (TPSA) is 81.8 Å². The molecule has 7 heteroatoms. The maximum absolute atomic E-state index is 12.3. The van der Waals surface area contributed by atoms with Gasteiger partial charge in [-0.1, -0.05) is 18.9 Å². The summed E-state index contributed by atoms with van der Waals surface area (Å²) in [5.74, 6) is 0.705. The van der Waals surface area contributed by atoms with Crippen molar-refractivity contribution in [2.45, 2.75) is 64.6 Å². The van der Waals surface area contributed by atoms with E-state index in [0.29, 0.717) is 12.6 Å². The van der Waals surface area contributed by atoms with Gasteiger partial charge in [0.2, 0.25) is 5.91 Å². The summed E-state index contributed by atoms with van der Waals surface area (Å²) >= 11 is 0. The molecular weight excluding hydrogens is 318 g/mol. The van der Waals surface area contributed by atoms with Gasteiger partial charge in [-0.25, -0.2) is 0 Å². The Morgan fingerprint density at radius 2 is 2.12 bits per heavy atom. The maximum Gasteiger partial charge on any atom is 0.250 e. The first-order valence-electron chi connectivity index (χ1n) is 8.91. The Morgan fingerprint density at radius 1 is 1.36 bits per heavy atom. The van der Waals surface area contributed by atoms with Crippen LogP contribution in [0, 0.1) is 6.92 Å². The summed E-state index contributed by atoms with van der Waals surface area (Å²) in [7, 11) is 0. The van der Waals surface area contributed by atoms with Crippen LogP contribution in [-0.4, -0.2) is 25.2 Å². The zero-order valence-corrected chi connectivity index (χ0v) is 14.8. The van der Waals surface area contributed by atoms with Crippen molar-refractivity contribution in [3.63, 3.8) is 0 Å². The number of nitrogens with zero attached hydrogens (tertiary/aromatic N) is 4. The van der Waals surface area contributed by atoms with E-state index >= 15 is 0 Å². The van der Waals surface area contributed by atoms with E-state index in [0.717, 1.165) is 24.4 Å². The number of carbonyl (C=O) groups excluding carboxylic acids is 1. The predicted molar refractivity (Wildman–Crippen MR) is 94.1 cm³/mol. The van der Waals surface area contributed by atoms with Crippen molar-refractivity contribution in [3.05, 3.63) is 46.4 Å². The van der Waals surface area contributed by atoms with Gasteiger partial charge in [-0.15, -0.1) is 10.2 Å². The maximum atomic E-state index is 12.3. The molecule has 2 aromatic rings. The number of pyridine rings is 1. The highest BCUT2D eigenvalue weighted by molar-refractivity contribution is 5.76. The number of amides is 1. The van der Waals surface area contributed by atoms with Gasteiger partial charge >= 0.3 is 0 Å². The van der Waals surface area contributed by atoms with Crippen molar-refractivity contribution in [1.29, 1.82) is 0 Å². The fourth-order valence-corrected chi connectivity index (χ4v) is 3.53. The SMILES string of the molecule is Cc1cccc(=O)n1CCC(=O)N[C@H](C)c1nncn1C1CCCC1. The summed E-state index contributed by atoms with van der Waals surface area (Å²) in [4.78, 5) is 24.2. The predicted octanol–water partition coefficient (Wildman–Crippen LogP) is 2.13. The van der Waals surface area contributed by atoms with Crippen LogP contribution in [0.5, 0.6) is 0 Å². The van der Waals surface area contributed by atoms with Crippen LogP contribution in [-0.2, 0) is 11.3 Å². The number of carbonyl (C=O) groups is 1. The molecule has 1 aliphatic carbocycles. The summed E-state index contributed by atoms with van der Waals surface area (Å²) in [6, 6.07) is 5.34. The van der Waals surface area contributed by atoms with E-state index in [1.165, 1.54) is 18.9 Å². The molecule has 1 amide bonds. The fourth-order valence-electron chi connectivity index (χ4n) is 3.53. The largest absolute Gasteiger partial charge is 0.346 e. The van der Waals surface area contributed by atoms with Gasteiger partial charge in [0.15, 0.2) is 5.82 Å². The van der Waals surface area contributed by atoms with E-state index in [1.54, 1.807) is 17.0 Å². The minimum Gasteiger partial charge on any atom is -0.346 e. The molecule has 0 radical (unpaired) electrons. The lowest BCUT2D eigenvalue weighted by atomic mass is 10.2. The Bertz CT molecular complexity index is 789. The van der Waals surface area contributed by atoms with Crippen LogP contribution in [0.3, 0.4) is 0 Å². The van der Waals surface area contributed by atoms with Gasteiger partial charge in [0, 0.05) is 30.8 Å². The lowest BCUT2D eigenvalue weighted by Gasteiger charge is -2.19. The molecule has 0 unspecified atom stereocenters. The molecule has 25 heavy (non-hydrogen) atoms. The van der Waals surface area contributed by atoms with Gasteiger partial charge < -0.3 is 14.5 Å². The van der Waals surface area contributed by atoms with Crippen molar-refractivity contribution < 1.29 is 4.79 Å². The van der Waals surface area contributed by atoms with E-state index in [4.69, 9.17) is 0 Å². The van der Waals surface area contributed by atoms with Crippen LogP contribution in [0.1, 0.15) is 62.6 Å². The molecule has 134 valence electrons. The summed E-state index contributed by atoms with van der Waals surface area (Å²) in [6.07, 6.45) is 6.76. The molecule has 0 aliphatic heterocycles. The minimum absolute atomic E-state index is 0.0816. The molecule has 1 fully saturated rings. The average molecular weight is 343 g/mol. The van der Waals surface area contributed by atoms with Crippen LogP contribution in [0.15, 0.2) is 29.3 Å². The molecular formula is C18H25N5O2. The van der Waals surface area contributed by atoms with Gasteiger partial charge in [0.05, 0.1) is 6.04 Å². The van der Waals surface area contributed by atoms with E-state index in [1.807, 2.05) is 19.9 Å². The van der Waals surface area contributed by atoms with Crippen LogP contribution < -0.4 is 10.9 Å². The third-order valence-corrected chi connectivity index (χ3v) is 4.91.